The van der Waals surface area contributed by atoms with Crippen molar-refractivity contribution in [3.63, 3.8) is 0 Å². The predicted octanol–water partition coefficient (Wildman–Crippen LogP) is 2.81. The summed E-state index contributed by atoms with van der Waals surface area (Å²) in [6.07, 6.45) is 2.10. The number of ether oxygens (including phenoxy) is 1. The van der Waals surface area contributed by atoms with E-state index < -0.39 is 41.6 Å². The molecule has 0 spiro atoms. The molecule has 2 N–H and O–H groups in total. The van der Waals surface area contributed by atoms with Crippen LogP contribution in [0.25, 0.3) is 0 Å². The van der Waals surface area contributed by atoms with Crippen molar-refractivity contribution in [2.45, 2.75) is 83.1 Å². The summed E-state index contributed by atoms with van der Waals surface area (Å²) >= 11 is 0. The summed E-state index contributed by atoms with van der Waals surface area (Å²) < 4.78 is 5.53. The Morgan fingerprint density at radius 1 is 0.784 bits per heavy atom. The number of nitrogens with zero attached hydrogens (tertiary/aromatic N) is 4. The zero-order valence-electron chi connectivity index (χ0n) is 30.1. The van der Waals surface area contributed by atoms with E-state index in [0.717, 1.165) is 25.2 Å². The van der Waals surface area contributed by atoms with Gasteiger partial charge in [0, 0.05) is 52.2 Å². The van der Waals surface area contributed by atoms with Crippen molar-refractivity contribution in [1.29, 1.82) is 0 Å². The summed E-state index contributed by atoms with van der Waals surface area (Å²) in [7, 11) is 0. The molecule has 4 fully saturated rings. The Bertz CT molecular complexity index is 1550. The number of likely N-dealkylation sites (tertiary alicyclic amines) is 4. The van der Waals surface area contributed by atoms with E-state index in [1.54, 1.807) is 20.8 Å². The van der Waals surface area contributed by atoms with Gasteiger partial charge in [0.15, 0.2) is 0 Å². The van der Waals surface area contributed by atoms with Gasteiger partial charge in [-0.05, 0) is 69.4 Å². The molecule has 0 aliphatic carbocycles. The molecule has 2 aromatic rings. The molecular weight excluding hydrogens is 648 g/mol. The van der Waals surface area contributed by atoms with Gasteiger partial charge in [-0.25, -0.2) is 4.79 Å². The Hall–Kier alpha value is -4.45. The van der Waals surface area contributed by atoms with Crippen molar-refractivity contribution in [3.05, 3.63) is 71.8 Å². The molecule has 5 unspecified atom stereocenters. The van der Waals surface area contributed by atoms with Gasteiger partial charge in [-0.15, -0.1) is 0 Å². The number of benzene rings is 2. The average Bonchev–Trinajstić information content (AvgIpc) is 3.91. The van der Waals surface area contributed by atoms with Crippen LogP contribution in [-0.2, 0) is 36.9 Å². The van der Waals surface area contributed by atoms with Gasteiger partial charge in [0.1, 0.15) is 23.7 Å². The molecule has 0 aromatic heterocycles. The molecular formula is C39H52N6O6. The lowest BCUT2D eigenvalue weighted by atomic mass is 10.0. The topological polar surface area (TPSA) is 132 Å². The lowest BCUT2D eigenvalue weighted by Crippen LogP contribution is -2.55. The van der Waals surface area contributed by atoms with Crippen LogP contribution in [0.1, 0.15) is 57.6 Å². The van der Waals surface area contributed by atoms with E-state index in [9.17, 15) is 24.0 Å². The van der Waals surface area contributed by atoms with E-state index in [0.29, 0.717) is 70.1 Å². The minimum Gasteiger partial charge on any atom is -0.444 e. The van der Waals surface area contributed by atoms with Crippen LogP contribution < -0.4 is 10.6 Å². The summed E-state index contributed by atoms with van der Waals surface area (Å²) in [6, 6.07) is 17.8. The molecule has 0 bridgehead atoms. The predicted molar refractivity (Wildman–Crippen MR) is 191 cm³/mol. The summed E-state index contributed by atoms with van der Waals surface area (Å²) in [5, 5.41) is 5.64. The largest absolute Gasteiger partial charge is 0.444 e. The molecule has 5 amide bonds. The standard InChI is InChI=1S/C39H52N6O6/c1-39(2,3)51-38(50)45-19-11-17-33(45)37(49)44-18-10-16-32(44)35(47)40-21-34(46)41-31(20-27-12-6-4-7-13-27)36(48)43-25-29-23-42(24-30(29)26-43)22-28-14-8-5-9-15-28/h4-9,12-15,29-33H,10-11,16-26H2,1-3H3,(H,40,47)(H,41,46). The molecule has 0 saturated carbocycles. The molecule has 5 atom stereocenters. The zero-order valence-corrected chi connectivity index (χ0v) is 30.1. The molecule has 12 heteroatoms. The SMILES string of the molecule is CC(C)(C)OC(=O)N1CCCC1C(=O)N1CCCC1C(=O)NCC(=O)NC(Cc1ccccc1)C(=O)N1CC2CN(Cc3ccccc3)CC2C1. The minimum absolute atomic E-state index is 0.110. The highest BCUT2D eigenvalue weighted by Crippen LogP contribution is 2.32. The molecule has 2 aromatic carbocycles. The summed E-state index contributed by atoms with van der Waals surface area (Å²) in [5.41, 5.74) is 1.53. The van der Waals surface area contributed by atoms with Crippen LogP contribution in [0, 0.1) is 11.8 Å². The first kappa shape index (κ1) is 36.3. The van der Waals surface area contributed by atoms with Gasteiger partial charge in [0.2, 0.25) is 23.6 Å². The Kier molecular flexibility index (Phi) is 11.3. The zero-order chi connectivity index (χ0) is 36.1. The minimum atomic E-state index is -0.776. The van der Waals surface area contributed by atoms with Crippen molar-refractivity contribution in [2.24, 2.45) is 11.8 Å². The highest BCUT2D eigenvalue weighted by atomic mass is 16.6. The van der Waals surface area contributed by atoms with Crippen LogP contribution in [0.4, 0.5) is 4.79 Å². The van der Waals surface area contributed by atoms with Crippen LogP contribution in [0.2, 0.25) is 0 Å². The number of carbonyl (C=O) groups is 5. The number of carbonyl (C=O) groups excluding carboxylic acids is 5. The van der Waals surface area contributed by atoms with E-state index in [-0.39, 0.29) is 18.4 Å². The fraction of sp³-hybridized carbons (Fsp3) is 0.564. The van der Waals surface area contributed by atoms with Gasteiger partial charge in [-0.2, -0.15) is 0 Å². The fourth-order valence-corrected chi connectivity index (χ4v) is 8.10. The van der Waals surface area contributed by atoms with Crippen LogP contribution in [0.15, 0.2) is 60.7 Å². The number of hydrogen-bond donors (Lipinski definition) is 2. The first-order valence-electron chi connectivity index (χ1n) is 18.4. The Morgan fingerprint density at radius 3 is 2.00 bits per heavy atom. The van der Waals surface area contributed by atoms with E-state index in [1.165, 1.54) is 15.4 Å². The van der Waals surface area contributed by atoms with Crippen molar-refractivity contribution >= 4 is 29.7 Å². The van der Waals surface area contributed by atoms with Crippen LogP contribution in [-0.4, -0.2) is 119 Å². The molecule has 4 aliphatic rings. The Labute approximate surface area is 300 Å². The normalized spacial score (nSPS) is 23.9. The van der Waals surface area contributed by atoms with Crippen molar-refractivity contribution in [2.75, 3.05) is 45.8 Å². The van der Waals surface area contributed by atoms with E-state index in [1.807, 2.05) is 41.3 Å². The van der Waals surface area contributed by atoms with Gasteiger partial charge < -0.3 is 25.2 Å². The van der Waals surface area contributed by atoms with E-state index in [4.69, 9.17) is 4.74 Å². The summed E-state index contributed by atoms with van der Waals surface area (Å²) in [4.78, 5) is 74.5. The maximum Gasteiger partial charge on any atom is 0.410 e. The van der Waals surface area contributed by atoms with Gasteiger partial charge in [-0.3, -0.25) is 29.0 Å². The van der Waals surface area contributed by atoms with Gasteiger partial charge in [0.25, 0.3) is 0 Å². The third kappa shape index (κ3) is 9.08. The molecule has 12 nitrogen and oxygen atoms in total. The lowest BCUT2D eigenvalue weighted by molar-refractivity contribution is -0.142. The fourth-order valence-electron chi connectivity index (χ4n) is 8.10. The molecule has 0 radical (unpaired) electrons. The highest BCUT2D eigenvalue weighted by Gasteiger charge is 2.44. The smallest absolute Gasteiger partial charge is 0.410 e. The maximum atomic E-state index is 14.0. The molecule has 274 valence electrons. The number of hydrogen-bond acceptors (Lipinski definition) is 7. The first-order chi connectivity index (χ1) is 24.4. The molecule has 6 rings (SSSR count). The van der Waals surface area contributed by atoms with E-state index >= 15 is 0 Å². The first-order valence-corrected chi connectivity index (χ1v) is 18.4. The number of nitrogens with one attached hydrogen (secondary N) is 2. The number of rotatable bonds is 10. The average molecular weight is 701 g/mol. The van der Waals surface area contributed by atoms with Crippen molar-refractivity contribution < 1.29 is 28.7 Å². The quantitative estimate of drug-likeness (QED) is 0.390. The van der Waals surface area contributed by atoms with Crippen LogP contribution in [0.3, 0.4) is 0 Å². The van der Waals surface area contributed by atoms with Gasteiger partial charge in [0.05, 0.1) is 6.54 Å². The van der Waals surface area contributed by atoms with Crippen LogP contribution >= 0.6 is 0 Å². The second kappa shape index (κ2) is 15.8. The number of amides is 5. The second-order valence-corrected chi connectivity index (χ2v) is 15.5. The number of fused-ring (bicyclic) bond motifs is 1. The van der Waals surface area contributed by atoms with E-state index in [2.05, 4.69) is 39.8 Å². The Morgan fingerprint density at radius 2 is 1.37 bits per heavy atom. The van der Waals surface area contributed by atoms with Crippen molar-refractivity contribution in [3.8, 4) is 0 Å². The maximum absolute atomic E-state index is 14.0. The second-order valence-electron chi connectivity index (χ2n) is 15.5. The van der Waals surface area contributed by atoms with Crippen molar-refractivity contribution in [1.82, 2.24) is 30.2 Å². The summed E-state index contributed by atoms with van der Waals surface area (Å²) in [6.45, 7) is 9.94. The van der Waals surface area contributed by atoms with Gasteiger partial charge >= 0.3 is 6.09 Å². The lowest BCUT2D eigenvalue weighted by Gasteiger charge is -2.32. The van der Waals surface area contributed by atoms with Gasteiger partial charge in [-0.1, -0.05) is 60.7 Å². The Balaban J connectivity index is 1.03. The molecule has 4 saturated heterocycles. The van der Waals surface area contributed by atoms with Crippen LogP contribution in [0.5, 0.6) is 0 Å². The summed E-state index contributed by atoms with van der Waals surface area (Å²) in [5.74, 6) is -0.483. The third-order valence-electron chi connectivity index (χ3n) is 10.5. The monoisotopic (exact) mass is 700 g/mol. The molecule has 4 aliphatic heterocycles. The highest BCUT2D eigenvalue weighted by molar-refractivity contribution is 5.94. The molecule has 4 heterocycles. The third-order valence-corrected chi connectivity index (χ3v) is 10.5. The molecule has 51 heavy (non-hydrogen) atoms.